The fourth-order valence-corrected chi connectivity index (χ4v) is 4.99. The summed E-state index contributed by atoms with van der Waals surface area (Å²) in [7, 11) is 0. The van der Waals surface area contributed by atoms with E-state index in [1.54, 1.807) is 0 Å². The Hall–Kier alpha value is -2.30. The molecule has 0 aliphatic heterocycles. The topological polar surface area (TPSA) is 64.4 Å². The minimum absolute atomic E-state index is 0.160. The Balaban J connectivity index is 1.42. The van der Waals surface area contributed by atoms with Gasteiger partial charge in [0.1, 0.15) is 18.1 Å². The minimum atomic E-state index is -0.161. The molecule has 2 aromatic rings. The van der Waals surface area contributed by atoms with E-state index >= 15 is 0 Å². The van der Waals surface area contributed by atoms with Gasteiger partial charge in [0.15, 0.2) is 5.69 Å². The molecule has 4 rings (SSSR count). The van der Waals surface area contributed by atoms with Crippen LogP contribution in [0.4, 0.5) is 0 Å². The molecule has 2 aliphatic rings. The predicted molar refractivity (Wildman–Crippen MR) is 107 cm³/mol. The maximum atomic E-state index is 12.9. The van der Waals surface area contributed by atoms with Gasteiger partial charge in [-0.15, -0.1) is 0 Å². The summed E-state index contributed by atoms with van der Waals surface area (Å²) in [6.07, 6.45) is 5.26. The number of carbonyl (C=O) groups is 1. The third kappa shape index (κ3) is 3.67. The lowest BCUT2D eigenvalue weighted by Gasteiger charge is -2.28. The summed E-state index contributed by atoms with van der Waals surface area (Å²) in [5, 5.41) is 7.19. The van der Waals surface area contributed by atoms with Crippen molar-refractivity contribution < 1.29 is 14.1 Å². The molecule has 2 aliphatic carbocycles. The van der Waals surface area contributed by atoms with Crippen molar-refractivity contribution >= 4 is 5.91 Å². The van der Waals surface area contributed by atoms with E-state index in [9.17, 15) is 4.79 Å². The first kappa shape index (κ1) is 19.0. The van der Waals surface area contributed by atoms with Gasteiger partial charge in [0.05, 0.1) is 5.56 Å². The minimum Gasteiger partial charge on any atom is -0.489 e. The summed E-state index contributed by atoms with van der Waals surface area (Å²) in [5.41, 5.74) is 3.47. The molecule has 4 unspecified atom stereocenters. The van der Waals surface area contributed by atoms with Gasteiger partial charge in [-0.3, -0.25) is 4.79 Å². The van der Waals surface area contributed by atoms with Crippen molar-refractivity contribution in [2.45, 2.75) is 66.0 Å². The Morgan fingerprint density at radius 2 is 2.07 bits per heavy atom. The fourth-order valence-electron chi connectivity index (χ4n) is 4.99. The molecule has 0 radical (unpaired) electrons. The Kier molecular flexibility index (Phi) is 5.17. The third-order valence-corrected chi connectivity index (χ3v) is 6.86. The van der Waals surface area contributed by atoms with Crippen LogP contribution in [0.15, 0.2) is 22.7 Å². The number of hydrogen-bond acceptors (Lipinski definition) is 4. The first-order valence-corrected chi connectivity index (χ1v) is 10.4. The second-order valence-corrected chi connectivity index (χ2v) is 8.70. The molecular weight excluding hydrogens is 352 g/mol. The van der Waals surface area contributed by atoms with E-state index in [-0.39, 0.29) is 18.6 Å². The molecule has 2 saturated carbocycles. The second-order valence-electron chi connectivity index (χ2n) is 8.70. The van der Waals surface area contributed by atoms with Crippen LogP contribution >= 0.6 is 0 Å². The highest BCUT2D eigenvalue weighted by molar-refractivity contribution is 5.94. The van der Waals surface area contributed by atoms with Crippen LogP contribution < -0.4 is 10.1 Å². The maximum Gasteiger partial charge on any atom is 0.274 e. The lowest BCUT2D eigenvalue weighted by atomic mass is 9.84. The first-order valence-electron chi connectivity index (χ1n) is 10.4. The zero-order valence-electron chi connectivity index (χ0n) is 17.2. The van der Waals surface area contributed by atoms with Crippen molar-refractivity contribution in [3.63, 3.8) is 0 Å². The van der Waals surface area contributed by atoms with Crippen molar-refractivity contribution in [1.82, 2.24) is 10.5 Å². The Bertz CT molecular complexity index is 873. The van der Waals surface area contributed by atoms with Crippen LogP contribution in [0.2, 0.25) is 0 Å². The molecule has 2 bridgehead atoms. The van der Waals surface area contributed by atoms with E-state index in [0.717, 1.165) is 23.1 Å². The van der Waals surface area contributed by atoms with Gasteiger partial charge in [-0.1, -0.05) is 17.6 Å². The molecule has 1 heterocycles. The summed E-state index contributed by atoms with van der Waals surface area (Å²) in [5.74, 6) is 3.47. The van der Waals surface area contributed by atoms with Crippen LogP contribution in [0, 0.1) is 38.5 Å². The van der Waals surface area contributed by atoms with E-state index < -0.39 is 0 Å². The predicted octanol–water partition coefficient (Wildman–Crippen LogP) is 4.73. The number of nitrogens with one attached hydrogen (secondary N) is 1. The highest BCUT2D eigenvalue weighted by Crippen LogP contribution is 2.49. The van der Waals surface area contributed by atoms with Gasteiger partial charge in [-0.25, -0.2) is 0 Å². The average Bonchev–Trinajstić information content (AvgIpc) is 3.38. The number of fused-ring (bicyclic) bond motifs is 2. The number of aromatic nitrogens is 1. The molecule has 1 N–H and O–H groups in total. The lowest BCUT2D eigenvalue weighted by Crippen LogP contribution is -2.40. The SMILES string of the molecule is Cc1ccc(OCc2c(C(=O)NC(C)C3CC4CCC3C4)noc2C)cc1C. The molecule has 1 aromatic carbocycles. The van der Waals surface area contributed by atoms with Gasteiger partial charge < -0.3 is 14.6 Å². The highest BCUT2D eigenvalue weighted by Gasteiger charge is 2.42. The number of amides is 1. The molecule has 5 nitrogen and oxygen atoms in total. The van der Waals surface area contributed by atoms with Crippen LogP contribution in [0.1, 0.15) is 65.5 Å². The number of rotatable bonds is 6. The zero-order chi connectivity index (χ0) is 19.8. The van der Waals surface area contributed by atoms with Crippen molar-refractivity contribution in [3.8, 4) is 5.75 Å². The van der Waals surface area contributed by atoms with E-state index in [1.165, 1.54) is 36.8 Å². The molecule has 150 valence electrons. The molecule has 2 fully saturated rings. The number of ether oxygens (including phenoxy) is 1. The van der Waals surface area contributed by atoms with Gasteiger partial charge in [0.25, 0.3) is 5.91 Å². The van der Waals surface area contributed by atoms with Crippen molar-refractivity contribution in [1.29, 1.82) is 0 Å². The number of aryl methyl sites for hydroxylation is 3. The van der Waals surface area contributed by atoms with Gasteiger partial charge >= 0.3 is 0 Å². The van der Waals surface area contributed by atoms with Crippen LogP contribution in [0.3, 0.4) is 0 Å². The Labute approximate surface area is 166 Å². The number of nitrogens with zero attached hydrogens (tertiary/aromatic N) is 1. The standard InChI is InChI=1S/C23H30N2O3/c1-13-5-8-19(9-14(13)2)27-12-21-16(4)28-25-22(21)23(26)24-15(3)20-11-17-6-7-18(20)10-17/h5,8-9,15,17-18,20H,6-7,10-12H2,1-4H3,(H,24,26). The smallest absolute Gasteiger partial charge is 0.274 e. The number of carbonyl (C=O) groups excluding carboxylic acids is 1. The highest BCUT2D eigenvalue weighted by atomic mass is 16.5. The summed E-state index contributed by atoms with van der Waals surface area (Å²) in [4.78, 5) is 12.9. The van der Waals surface area contributed by atoms with Crippen LogP contribution in [-0.4, -0.2) is 17.1 Å². The molecule has 5 heteroatoms. The van der Waals surface area contributed by atoms with Gasteiger partial charge in [0, 0.05) is 6.04 Å². The summed E-state index contributed by atoms with van der Waals surface area (Å²) in [6, 6.07) is 6.15. The van der Waals surface area contributed by atoms with Crippen molar-refractivity contribution in [3.05, 3.63) is 46.3 Å². The molecule has 28 heavy (non-hydrogen) atoms. The number of benzene rings is 1. The Morgan fingerprint density at radius 3 is 2.75 bits per heavy atom. The van der Waals surface area contributed by atoms with Crippen molar-refractivity contribution in [2.75, 3.05) is 0 Å². The zero-order valence-corrected chi connectivity index (χ0v) is 17.2. The number of hydrogen-bond donors (Lipinski definition) is 1. The lowest BCUT2D eigenvalue weighted by molar-refractivity contribution is 0.0904. The van der Waals surface area contributed by atoms with E-state index in [0.29, 0.717) is 17.4 Å². The first-order chi connectivity index (χ1) is 13.4. The molecule has 0 spiro atoms. The quantitative estimate of drug-likeness (QED) is 0.784. The summed E-state index contributed by atoms with van der Waals surface area (Å²) < 4.78 is 11.2. The van der Waals surface area contributed by atoms with Gasteiger partial charge in [0.2, 0.25) is 0 Å². The monoisotopic (exact) mass is 382 g/mol. The molecule has 1 amide bonds. The second kappa shape index (κ2) is 7.61. The van der Waals surface area contributed by atoms with Gasteiger partial charge in [-0.05, 0) is 88.0 Å². The molecule has 0 saturated heterocycles. The van der Waals surface area contributed by atoms with E-state index in [1.807, 2.05) is 25.1 Å². The third-order valence-electron chi connectivity index (χ3n) is 6.86. The fraction of sp³-hybridized carbons (Fsp3) is 0.565. The normalized spacial score (nSPS) is 24.4. The van der Waals surface area contributed by atoms with Crippen LogP contribution in [-0.2, 0) is 6.61 Å². The summed E-state index contributed by atoms with van der Waals surface area (Å²) in [6.45, 7) is 8.35. The molecular formula is C23H30N2O3. The van der Waals surface area contributed by atoms with Crippen LogP contribution in [0.5, 0.6) is 5.75 Å². The average molecular weight is 383 g/mol. The molecule has 4 atom stereocenters. The van der Waals surface area contributed by atoms with Gasteiger partial charge in [-0.2, -0.15) is 0 Å². The van der Waals surface area contributed by atoms with E-state index in [4.69, 9.17) is 9.26 Å². The Morgan fingerprint density at radius 1 is 1.25 bits per heavy atom. The molecule has 1 aromatic heterocycles. The van der Waals surface area contributed by atoms with Crippen LogP contribution in [0.25, 0.3) is 0 Å². The summed E-state index contributed by atoms with van der Waals surface area (Å²) >= 11 is 0. The van der Waals surface area contributed by atoms with E-state index in [2.05, 4.69) is 31.2 Å². The largest absolute Gasteiger partial charge is 0.489 e. The van der Waals surface area contributed by atoms with Crippen molar-refractivity contribution in [2.24, 2.45) is 17.8 Å². The maximum absolute atomic E-state index is 12.9.